The molecule has 0 spiro atoms. The highest BCUT2D eigenvalue weighted by Gasteiger charge is 2.14. The van der Waals surface area contributed by atoms with Crippen LogP contribution in [0.15, 0.2) is 65.1 Å². The van der Waals surface area contributed by atoms with Crippen LogP contribution < -0.4 is 5.32 Å². The molecule has 1 aromatic heterocycles. The molecule has 0 bridgehead atoms. The minimum Gasteiger partial charge on any atom is -0.436 e. The zero-order valence-corrected chi connectivity index (χ0v) is 19.5. The van der Waals surface area contributed by atoms with Gasteiger partial charge in [-0.15, -0.1) is 0 Å². The van der Waals surface area contributed by atoms with Crippen LogP contribution in [-0.2, 0) is 0 Å². The largest absolute Gasteiger partial charge is 0.436 e. The highest BCUT2D eigenvalue weighted by atomic mass is 35.5. The second-order valence-corrected chi connectivity index (χ2v) is 8.89. The third-order valence-corrected chi connectivity index (χ3v) is 6.22. The minimum atomic E-state index is -0.213. The first-order valence-electron chi connectivity index (χ1n) is 11.0. The summed E-state index contributed by atoms with van der Waals surface area (Å²) < 4.78 is 5.98. The number of hydrogen-bond acceptors (Lipinski definition) is 3. The van der Waals surface area contributed by atoms with Gasteiger partial charge in [0, 0.05) is 11.1 Å². The van der Waals surface area contributed by atoms with Crippen LogP contribution in [0.25, 0.3) is 22.6 Å². The molecule has 32 heavy (non-hydrogen) atoms. The van der Waals surface area contributed by atoms with Gasteiger partial charge in [0.05, 0.1) is 10.7 Å². The number of fused-ring (bicyclic) bond motifs is 1. The highest BCUT2D eigenvalue weighted by Crippen LogP contribution is 2.32. The number of benzene rings is 3. The van der Waals surface area contributed by atoms with E-state index in [1.807, 2.05) is 36.4 Å². The molecule has 5 heteroatoms. The van der Waals surface area contributed by atoms with Crippen LogP contribution in [0.5, 0.6) is 0 Å². The van der Waals surface area contributed by atoms with E-state index in [0.717, 1.165) is 23.1 Å². The molecule has 0 saturated heterocycles. The minimum absolute atomic E-state index is 0.213. The molecule has 3 aromatic carbocycles. The summed E-state index contributed by atoms with van der Waals surface area (Å²) in [6, 6.07) is 19.1. The lowest BCUT2D eigenvalue weighted by atomic mass is 9.98. The normalized spacial score (nSPS) is 12.3. The predicted molar refractivity (Wildman–Crippen MR) is 132 cm³/mol. The van der Waals surface area contributed by atoms with Crippen LogP contribution in [0, 0.1) is 0 Å². The number of anilines is 1. The Bertz CT molecular complexity index is 1260. The summed E-state index contributed by atoms with van der Waals surface area (Å²) in [5, 5.41) is 3.37. The second-order valence-electron chi connectivity index (χ2n) is 8.48. The number of halogens is 1. The summed E-state index contributed by atoms with van der Waals surface area (Å²) in [5.74, 6) is 1.16. The number of carbonyl (C=O) groups is 1. The molecule has 1 heterocycles. The summed E-state index contributed by atoms with van der Waals surface area (Å²) in [5.41, 5.74) is 5.84. The van der Waals surface area contributed by atoms with E-state index in [1.54, 1.807) is 12.1 Å². The lowest BCUT2D eigenvalue weighted by Gasteiger charge is -2.10. The third-order valence-electron chi connectivity index (χ3n) is 5.89. The van der Waals surface area contributed by atoms with Crippen molar-refractivity contribution in [3.05, 3.63) is 82.4 Å². The molecule has 164 valence electrons. The molecule has 4 rings (SSSR count). The Balaban J connectivity index is 1.60. The third kappa shape index (κ3) is 4.56. The Morgan fingerprint density at radius 3 is 2.41 bits per heavy atom. The molecule has 1 amide bonds. The molecule has 0 aliphatic rings. The molecule has 1 atom stereocenters. The van der Waals surface area contributed by atoms with E-state index in [1.165, 1.54) is 11.1 Å². The molecular formula is C27H27ClN2O2. The summed E-state index contributed by atoms with van der Waals surface area (Å²) in [6.07, 6.45) is 1.07. The summed E-state index contributed by atoms with van der Waals surface area (Å²) in [4.78, 5) is 17.4. The molecule has 4 aromatic rings. The van der Waals surface area contributed by atoms with Crippen molar-refractivity contribution in [1.82, 2.24) is 4.98 Å². The quantitative estimate of drug-likeness (QED) is 0.326. The van der Waals surface area contributed by atoms with Crippen molar-refractivity contribution in [1.29, 1.82) is 0 Å². The fraction of sp³-hybridized carbons (Fsp3) is 0.259. The predicted octanol–water partition coefficient (Wildman–Crippen LogP) is 8.04. The molecule has 0 saturated carbocycles. The summed E-state index contributed by atoms with van der Waals surface area (Å²) in [7, 11) is 0. The van der Waals surface area contributed by atoms with Gasteiger partial charge in [0.15, 0.2) is 5.58 Å². The van der Waals surface area contributed by atoms with Crippen LogP contribution >= 0.6 is 11.6 Å². The van der Waals surface area contributed by atoms with Gasteiger partial charge >= 0.3 is 0 Å². The smallest absolute Gasteiger partial charge is 0.255 e. The SMILES string of the molecule is CC[C@H](C)c1ccc2oc(-c3ccc(Cl)c(NC(=O)c4ccc(C(C)C)cc4)c3)nc2c1. The van der Waals surface area contributed by atoms with Gasteiger partial charge < -0.3 is 9.73 Å². The molecule has 0 fully saturated rings. The Labute approximate surface area is 193 Å². The van der Waals surface area contributed by atoms with E-state index >= 15 is 0 Å². The Hall–Kier alpha value is -3.11. The van der Waals surface area contributed by atoms with Crippen LogP contribution in [0.3, 0.4) is 0 Å². The van der Waals surface area contributed by atoms with Crippen molar-refractivity contribution in [3.8, 4) is 11.5 Å². The number of hydrogen-bond donors (Lipinski definition) is 1. The second kappa shape index (κ2) is 9.17. The number of nitrogens with zero attached hydrogens (tertiary/aromatic N) is 1. The van der Waals surface area contributed by atoms with Gasteiger partial charge in [0.1, 0.15) is 5.52 Å². The number of oxazole rings is 1. The van der Waals surface area contributed by atoms with Crippen molar-refractivity contribution in [2.75, 3.05) is 5.32 Å². The number of nitrogens with one attached hydrogen (secondary N) is 1. The average molecular weight is 447 g/mol. The van der Waals surface area contributed by atoms with Gasteiger partial charge in [0.25, 0.3) is 5.91 Å². The van der Waals surface area contributed by atoms with E-state index in [9.17, 15) is 4.79 Å². The molecule has 4 nitrogen and oxygen atoms in total. The first-order valence-corrected chi connectivity index (χ1v) is 11.3. The monoisotopic (exact) mass is 446 g/mol. The fourth-order valence-electron chi connectivity index (χ4n) is 3.58. The van der Waals surface area contributed by atoms with E-state index in [-0.39, 0.29) is 5.91 Å². The van der Waals surface area contributed by atoms with E-state index < -0.39 is 0 Å². The van der Waals surface area contributed by atoms with E-state index in [2.05, 4.69) is 50.1 Å². The van der Waals surface area contributed by atoms with Crippen molar-refractivity contribution >= 4 is 34.3 Å². The molecular weight excluding hydrogens is 420 g/mol. The summed E-state index contributed by atoms with van der Waals surface area (Å²) >= 11 is 6.37. The lowest BCUT2D eigenvalue weighted by molar-refractivity contribution is 0.102. The fourth-order valence-corrected chi connectivity index (χ4v) is 3.74. The topological polar surface area (TPSA) is 55.1 Å². The maximum Gasteiger partial charge on any atom is 0.255 e. The first kappa shape index (κ1) is 22.1. The maximum absolute atomic E-state index is 12.8. The van der Waals surface area contributed by atoms with Crippen LogP contribution in [0.1, 0.15) is 67.4 Å². The van der Waals surface area contributed by atoms with E-state index in [0.29, 0.717) is 34.0 Å². The van der Waals surface area contributed by atoms with Gasteiger partial charge in [-0.2, -0.15) is 0 Å². The van der Waals surface area contributed by atoms with Crippen molar-refractivity contribution < 1.29 is 9.21 Å². The molecule has 0 aliphatic carbocycles. The van der Waals surface area contributed by atoms with Crippen molar-refractivity contribution in [2.45, 2.75) is 46.0 Å². The Morgan fingerprint density at radius 1 is 1.00 bits per heavy atom. The van der Waals surface area contributed by atoms with Gasteiger partial charge in [-0.3, -0.25) is 4.79 Å². The highest BCUT2D eigenvalue weighted by molar-refractivity contribution is 6.34. The number of amides is 1. The Morgan fingerprint density at radius 2 is 1.72 bits per heavy atom. The molecule has 1 N–H and O–H groups in total. The van der Waals surface area contributed by atoms with E-state index in [4.69, 9.17) is 16.0 Å². The van der Waals surface area contributed by atoms with Gasteiger partial charge in [0.2, 0.25) is 5.89 Å². The van der Waals surface area contributed by atoms with Crippen LogP contribution in [0.2, 0.25) is 5.02 Å². The molecule has 0 aliphatic heterocycles. The zero-order valence-electron chi connectivity index (χ0n) is 18.8. The number of aromatic nitrogens is 1. The molecule has 0 radical (unpaired) electrons. The number of carbonyl (C=O) groups excluding carboxylic acids is 1. The average Bonchev–Trinajstić information content (AvgIpc) is 3.23. The van der Waals surface area contributed by atoms with Crippen LogP contribution in [-0.4, -0.2) is 10.9 Å². The standard InChI is InChI=1S/C27H27ClN2O2/c1-5-17(4)20-11-13-25-24(14-20)30-27(32-25)21-10-12-22(28)23(15-21)29-26(31)19-8-6-18(7-9-19)16(2)3/h6-17H,5H2,1-4H3,(H,29,31)/t17-/m0/s1. The zero-order chi connectivity index (χ0) is 22.8. The lowest BCUT2D eigenvalue weighted by Crippen LogP contribution is -2.12. The summed E-state index contributed by atoms with van der Waals surface area (Å²) in [6.45, 7) is 8.62. The molecule has 0 unspecified atom stereocenters. The number of rotatable bonds is 6. The van der Waals surface area contributed by atoms with Crippen LogP contribution in [0.4, 0.5) is 5.69 Å². The van der Waals surface area contributed by atoms with Gasteiger partial charge in [-0.25, -0.2) is 4.98 Å². The Kier molecular flexibility index (Phi) is 6.33. The first-order chi connectivity index (χ1) is 15.4. The van der Waals surface area contributed by atoms with Gasteiger partial charge in [-0.05, 0) is 71.8 Å². The van der Waals surface area contributed by atoms with Gasteiger partial charge in [-0.1, -0.05) is 57.5 Å². The van der Waals surface area contributed by atoms with Crippen molar-refractivity contribution in [3.63, 3.8) is 0 Å². The van der Waals surface area contributed by atoms with Crippen molar-refractivity contribution in [2.24, 2.45) is 0 Å². The maximum atomic E-state index is 12.8.